The molecular formula is C36H42N4O3. The average molecular weight is 579 g/mol. The lowest BCUT2D eigenvalue weighted by atomic mass is 9.87. The van der Waals surface area contributed by atoms with E-state index in [1.807, 2.05) is 60.8 Å². The molecule has 2 heterocycles. The number of rotatable bonds is 11. The lowest BCUT2D eigenvalue weighted by molar-refractivity contribution is 0.234. The van der Waals surface area contributed by atoms with Gasteiger partial charge in [0.15, 0.2) is 0 Å². The highest BCUT2D eigenvalue weighted by atomic mass is 16.5. The number of ether oxygens (including phenoxy) is 2. The van der Waals surface area contributed by atoms with E-state index in [0.717, 1.165) is 61.8 Å². The van der Waals surface area contributed by atoms with Crippen molar-refractivity contribution in [2.45, 2.75) is 51.7 Å². The fourth-order valence-electron chi connectivity index (χ4n) is 6.25. The minimum atomic E-state index is -0.195. The van der Waals surface area contributed by atoms with Gasteiger partial charge in [-0.05, 0) is 36.1 Å². The molecular weight excluding hydrogens is 536 g/mol. The first-order chi connectivity index (χ1) is 21.2. The smallest absolute Gasteiger partial charge is 0.316 e. The average Bonchev–Trinajstić information content (AvgIpc) is 3.07. The summed E-state index contributed by atoms with van der Waals surface area (Å²) in [5, 5.41) is 4.58. The highest BCUT2D eigenvalue weighted by molar-refractivity contribution is 5.57. The van der Waals surface area contributed by atoms with Crippen LogP contribution in [0.3, 0.4) is 0 Å². The second kappa shape index (κ2) is 14.4. The van der Waals surface area contributed by atoms with E-state index >= 15 is 0 Å². The number of hydrogen-bond acceptors (Lipinski definition) is 6. The van der Waals surface area contributed by atoms with Crippen molar-refractivity contribution in [3.8, 4) is 17.2 Å². The molecule has 1 saturated heterocycles. The van der Waals surface area contributed by atoms with Crippen molar-refractivity contribution in [1.82, 2.24) is 14.7 Å². The summed E-state index contributed by atoms with van der Waals surface area (Å²) in [5.41, 5.74) is 3.69. The number of aromatic nitrogens is 2. The van der Waals surface area contributed by atoms with E-state index in [2.05, 4.69) is 45.2 Å². The Bertz CT molecular complexity index is 1490. The summed E-state index contributed by atoms with van der Waals surface area (Å²) < 4.78 is 14.0. The number of piperazine rings is 1. The van der Waals surface area contributed by atoms with E-state index < -0.39 is 0 Å². The molecule has 224 valence electrons. The Morgan fingerprint density at radius 1 is 0.767 bits per heavy atom. The van der Waals surface area contributed by atoms with Gasteiger partial charge in [0.1, 0.15) is 18.0 Å². The van der Waals surface area contributed by atoms with Crippen LogP contribution in [0.25, 0.3) is 5.69 Å². The monoisotopic (exact) mass is 578 g/mol. The van der Waals surface area contributed by atoms with Crippen molar-refractivity contribution in [2.24, 2.45) is 5.92 Å². The van der Waals surface area contributed by atoms with Crippen LogP contribution in [0.15, 0.2) is 95.9 Å². The van der Waals surface area contributed by atoms with Crippen molar-refractivity contribution in [1.29, 1.82) is 0 Å². The third kappa shape index (κ3) is 7.46. The maximum absolute atomic E-state index is 13.7. The van der Waals surface area contributed by atoms with Gasteiger partial charge in [0, 0.05) is 38.3 Å². The number of benzene rings is 3. The summed E-state index contributed by atoms with van der Waals surface area (Å²) in [6.45, 7) is 5.26. The first-order valence-corrected chi connectivity index (χ1v) is 15.8. The summed E-state index contributed by atoms with van der Waals surface area (Å²) in [6, 6.07) is 28.2. The molecule has 0 spiro atoms. The van der Waals surface area contributed by atoms with Gasteiger partial charge in [-0.2, -0.15) is 9.78 Å². The van der Waals surface area contributed by atoms with Gasteiger partial charge in [0.2, 0.25) is 5.75 Å². The molecule has 43 heavy (non-hydrogen) atoms. The number of para-hydroxylation sites is 2. The molecule has 3 aromatic carbocycles. The fraction of sp³-hybridized carbons (Fsp3) is 0.389. The van der Waals surface area contributed by atoms with Crippen molar-refractivity contribution in [3.63, 3.8) is 0 Å². The van der Waals surface area contributed by atoms with Crippen LogP contribution in [-0.4, -0.2) is 47.5 Å². The van der Waals surface area contributed by atoms with Crippen LogP contribution in [0.2, 0.25) is 0 Å². The molecule has 6 rings (SSSR count). The Morgan fingerprint density at radius 2 is 1.47 bits per heavy atom. The van der Waals surface area contributed by atoms with Gasteiger partial charge in [-0.3, -0.25) is 9.69 Å². The standard InChI is InChI=1S/C36H42N4O3/c41-36-35(42-25-20-29-12-4-1-5-13-29)33(26-37-40(36)32-17-8-3-9-18-32)39-23-21-38(22-24-39)27-31-16-10-11-19-34(31)43-28-30-14-6-2-7-15-30/h2-3,6-11,14-19,26,29H,1,4-5,12-13,20-25,27-28H2. The van der Waals surface area contributed by atoms with Crippen LogP contribution in [0.1, 0.15) is 49.7 Å². The van der Waals surface area contributed by atoms with Crippen LogP contribution < -0.4 is 19.9 Å². The van der Waals surface area contributed by atoms with Gasteiger partial charge in [-0.25, -0.2) is 0 Å². The second-order valence-electron chi connectivity index (χ2n) is 11.7. The summed E-state index contributed by atoms with van der Waals surface area (Å²) >= 11 is 0. The van der Waals surface area contributed by atoms with Crippen molar-refractivity contribution >= 4 is 5.69 Å². The maximum atomic E-state index is 13.7. The van der Waals surface area contributed by atoms with Gasteiger partial charge >= 0.3 is 5.56 Å². The SMILES string of the molecule is O=c1c(OCCC2CCCCC2)c(N2CCN(Cc3ccccc3OCc3ccccc3)CC2)cnn1-c1ccccc1. The molecule has 1 aromatic heterocycles. The molecule has 0 bridgehead atoms. The molecule has 7 nitrogen and oxygen atoms in total. The Balaban J connectivity index is 1.13. The van der Waals surface area contributed by atoms with Crippen LogP contribution in [0.4, 0.5) is 5.69 Å². The van der Waals surface area contributed by atoms with Gasteiger partial charge in [-0.1, -0.05) is 98.8 Å². The zero-order chi connectivity index (χ0) is 29.3. The number of nitrogens with zero attached hydrogens (tertiary/aromatic N) is 4. The zero-order valence-corrected chi connectivity index (χ0v) is 24.9. The van der Waals surface area contributed by atoms with Crippen LogP contribution in [0, 0.1) is 5.92 Å². The van der Waals surface area contributed by atoms with E-state index in [9.17, 15) is 4.79 Å². The first-order valence-electron chi connectivity index (χ1n) is 15.8. The van der Waals surface area contributed by atoms with E-state index in [4.69, 9.17) is 9.47 Å². The Kier molecular flexibility index (Phi) is 9.70. The third-order valence-electron chi connectivity index (χ3n) is 8.73. The molecule has 0 atom stereocenters. The van der Waals surface area contributed by atoms with E-state index in [1.54, 1.807) is 0 Å². The molecule has 2 fully saturated rings. The molecule has 4 aromatic rings. The van der Waals surface area contributed by atoms with Crippen LogP contribution in [-0.2, 0) is 13.2 Å². The summed E-state index contributed by atoms with van der Waals surface area (Å²) in [5.74, 6) is 2.04. The van der Waals surface area contributed by atoms with Gasteiger partial charge in [0.05, 0.1) is 18.5 Å². The number of anilines is 1. The number of hydrogen-bond donors (Lipinski definition) is 0. The molecule has 1 aliphatic carbocycles. The minimum Gasteiger partial charge on any atom is -0.489 e. The topological polar surface area (TPSA) is 59.8 Å². The predicted octanol–water partition coefficient (Wildman–Crippen LogP) is 6.48. The normalized spacial score (nSPS) is 16.2. The largest absolute Gasteiger partial charge is 0.489 e. The molecule has 1 saturated carbocycles. The van der Waals surface area contributed by atoms with Crippen molar-refractivity contribution in [3.05, 3.63) is 113 Å². The first kappa shape index (κ1) is 29.0. The van der Waals surface area contributed by atoms with Gasteiger partial charge in [0.25, 0.3) is 0 Å². The molecule has 0 amide bonds. The lowest BCUT2D eigenvalue weighted by Crippen LogP contribution is -2.46. The predicted molar refractivity (Wildman–Crippen MR) is 171 cm³/mol. The molecule has 7 heteroatoms. The Morgan fingerprint density at radius 3 is 2.23 bits per heavy atom. The zero-order valence-electron chi connectivity index (χ0n) is 24.9. The molecule has 0 unspecified atom stereocenters. The molecule has 1 aliphatic heterocycles. The second-order valence-corrected chi connectivity index (χ2v) is 11.7. The summed E-state index contributed by atoms with van der Waals surface area (Å²) in [4.78, 5) is 18.5. The van der Waals surface area contributed by atoms with Gasteiger partial charge < -0.3 is 14.4 Å². The third-order valence-corrected chi connectivity index (χ3v) is 8.73. The molecule has 0 radical (unpaired) electrons. The summed E-state index contributed by atoms with van der Waals surface area (Å²) in [6.07, 6.45) is 9.29. The quantitative estimate of drug-likeness (QED) is 0.203. The maximum Gasteiger partial charge on any atom is 0.316 e. The highest BCUT2D eigenvalue weighted by Gasteiger charge is 2.24. The van der Waals surface area contributed by atoms with Crippen molar-refractivity contribution < 1.29 is 9.47 Å². The van der Waals surface area contributed by atoms with E-state index in [1.165, 1.54) is 42.3 Å². The highest BCUT2D eigenvalue weighted by Crippen LogP contribution is 2.29. The molecule has 2 aliphatic rings. The van der Waals surface area contributed by atoms with Gasteiger partial charge in [-0.15, -0.1) is 0 Å². The lowest BCUT2D eigenvalue weighted by Gasteiger charge is -2.36. The fourth-order valence-corrected chi connectivity index (χ4v) is 6.25. The minimum absolute atomic E-state index is 0.195. The van der Waals surface area contributed by atoms with Crippen LogP contribution >= 0.6 is 0 Å². The summed E-state index contributed by atoms with van der Waals surface area (Å²) in [7, 11) is 0. The van der Waals surface area contributed by atoms with E-state index in [-0.39, 0.29) is 5.56 Å². The van der Waals surface area contributed by atoms with E-state index in [0.29, 0.717) is 24.9 Å². The Labute approximate surface area is 254 Å². The van der Waals surface area contributed by atoms with Crippen LogP contribution in [0.5, 0.6) is 11.5 Å². The molecule has 0 N–H and O–H groups in total. The Hall–Kier alpha value is -4.10. The van der Waals surface area contributed by atoms with Crippen molar-refractivity contribution in [2.75, 3.05) is 37.7 Å².